The van der Waals surface area contributed by atoms with E-state index in [2.05, 4.69) is 103 Å². The Balaban J connectivity index is 0.000000135. The summed E-state index contributed by atoms with van der Waals surface area (Å²) in [7, 11) is -13.8. The van der Waals surface area contributed by atoms with Gasteiger partial charge < -0.3 is 38.5 Å². The minimum Gasteiger partial charge on any atom is -0.463 e. The highest BCUT2D eigenvalue weighted by Gasteiger charge is 2.50. The summed E-state index contributed by atoms with van der Waals surface area (Å²) >= 11 is 19.2. The van der Waals surface area contributed by atoms with Crippen molar-refractivity contribution in [1.82, 2.24) is 58.4 Å². The van der Waals surface area contributed by atoms with Crippen molar-refractivity contribution in [2.75, 3.05) is 65.1 Å². The number of carbonyl (C=O) groups excluding carboxylic acids is 4. The van der Waals surface area contributed by atoms with Crippen molar-refractivity contribution in [1.29, 1.82) is 0 Å². The number of nitrogens with zero attached hydrogens (tertiary/aromatic N) is 12. The molecule has 0 spiro atoms. The summed E-state index contributed by atoms with van der Waals surface area (Å²) in [4.78, 5) is 96.9. The second kappa shape index (κ2) is 41.1. The van der Waals surface area contributed by atoms with E-state index in [9.17, 15) is 70.4 Å². The van der Waals surface area contributed by atoms with Crippen LogP contribution in [0.5, 0.6) is 0 Å². The van der Waals surface area contributed by atoms with Crippen LogP contribution in [0, 0.1) is 23.3 Å². The fraction of sp³-hybridized carbons (Fsp3) is 0.381. The molecule has 48 heteroatoms. The third-order valence-corrected chi connectivity index (χ3v) is 33.3. The Morgan fingerprint density at radius 2 is 0.591 bits per heavy atom. The van der Waals surface area contributed by atoms with Gasteiger partial charge in [-0.3, -0.25) is 20.0 Å². The number of hydrogen-bond donors (Lipinski definition) is 4. The second-order valence-electron chi connectivity index (χ2n) is 31.3. The smallest absolute Gasteiger partial charge is 0.338 e. The molecule has 18 rings (SSSR count). The summed E-state index contributed by atoms with van der Waals surface area (Å²) in [5.74, 6) is -1.68. The van der Waals surface area contributed by atoms with E-state index in [1.807, 2.05) is 41.1 Å². The molecule has 10 aliphatic rings. The number of ether oxygens (including phenoxy) is 4. The standard InChI is InChI=1S/2C22H22BrFN4O4S2.2C20H20BrFN4O4S2/c2*1-2-32-22(29)18-17-10-13(27-34(30,31)14-4-5-14)11-28(17)20(21-25-7-8-33-21)26-19(18)15-6-3-12(24)9-16(15)23;2*1-3-30-20(27)16-15-9-12(25-32(2,28)29)10-26(15)18(19-23-6-7-31-19)24-17(16)13-5-4-11(22)8-14(13)21/h2*3,6-9,13-14,19,27H,2,4-5,10-11H2,1H3;2*4-8,12,17,25H,3,9-10H2,1-2H3/t13?,19-;13-,19+;12-,17+;12-,17-/m0110/s1. The van der Waals surface area contributed by atoms with Crippen LogP contribution in [0.4, 0.5) is 17.6 Å². The molecule has 1 unspecified atom stereocenters. The average Bonchev–Trinajstić information content (AvgIpc) is 1.63. The van der Waals surface area contributed by atoms with E-state index in [1.54, 1.807) is 76.7 Å². The SMILES string of the molecule is CCOC(=O)C1=C2CC(NS(=O)(=O)C3CC3)CN2C(c2nccs2)=N[C@H]1c1ccc(F)cc1Br.CCOC(=O)C1=C2C[C@@H](NS(=O)(=O)C3CC3)CN2C(c2nccs2)=N[C@H]1c1ccc(F)cc1Br.CCOC(=O)C1=C2C[C@@H](NS(C)(=O)=O)CN2C(c2nccs2)=N[C@H]1c1ccc(F)cc1Br.CCOC(=O)C1=C2C[C@H](NS(C)(=O)=O)CN2C(c2nccs2)=N[C@H]1c1ccc(F)cc1Br. The zero-order chi connectivity index (χ0) is 94.2. The van der Waals surface area contributed by atoms with Crippen molar-refractivity contribution in [3.8, 4) is 0 Å². The molecule has 8 atom stereocenters. The fourth-order valence-electron chi connectivity index (χ4n) is 16.4. The quantitative estimate of drug-likeness (QED) is 0.0222. The highest BCUT2D eigenvalue weighted by atomic mass is 79.9. The molecule has 2 saturated carbocycles. The number of nitrogens with one attached hydrogen (secondary N) is 4. The fourth-order valence-corrected chi connectivity index (χ4v) is 25.9. The van der Waals surface area contributed by atoms with Crippen molar-refractivity contribution in [2.24, 2.45) is 20.0 Å². The van der Waals surface area contributed by atoms with Gasteiger partial charge in [0.05, 0.1) is 71.7 Å². The number of sulfonamides is 4. The predicted molar refractivity (Wildman–Crippen MR) is 503 cm³/mol. The average molecular weight is 2230 g/mol. The lowest BCUT2D eigenvalue weighted by molar-refractivity contribution is -0.140. The molecular weight excluding hydrogens is 2140 g/mol. The van der Waals surface area contributed by atoms with E-state index >= 15 is 0 Å². The van der Waals surface area contributed by atoms with Crippen molar-refractivity contribution in [3.63, 3.8) is 0 Å². The van der Waals surface area contributed by atoms with Gasteiger partial charge in [0.1, 0.15) is 47.4 Å². The maximum absolute atomic E-state index is 13.8. The molecule has 700 valence electrons. The molecular formula is C84H84Br4F4N16O16S8. The highest BCUT2D eigenvalue weighted by molar-refractivity contribution is 9.11. The molecule has 8 aliphatic heterocycles. The van der Waals surface area contributed by atoms with E-state index in [4.69, 9.17) is 38.9 Å². The van der Waals surface area contributed by atoms with Gasteiger partial charge in [0.15, 0.2) is 43.4 Å². The Labute approximate surface area is 807 Å². The first-order chi connectivity index (χ1) is 62.9. The van der Waals surface area contributed by atoms with Gasteiger partial charge in [0.25, 0.3) is 0 Å². The monoisotopic (exact) mass is 2220 g/mol. The van der Waals surface area contributed by atoms with Gasteiger partial charge in [0, 0.05) is 163 Å². The summed E-state index contributed by atoms with van der Waals surface area (Å²) in [6.07, 6.45) is 12.6. The van der Waals surface area contributed by atoms with Crippen molar-refractivity contribution in [2.45, 2.75) is 138 Å². The maximum Gasteiger partial charge on any atom is 0.338 e. The number of benzene rings is 4. The Morgan fingerprint density at radius 1 is 0.371 bits per heavy atom. The third-order valence-electron chi connectivity index (χ3n) is 21.9. The molecule has 0 radical (unpaired) electrons. The lowest BCUT2D eigenvalue weighted by atomic mass is 9.94. The van der Waals surface area contributed by atoms with E-state index in [0.717, 1.165) is 12.5 Å². The number of fused-ring (bicyclic) bond motifs is 4. The molecule has 4 aromatic heterocycles. The zero-order valence-corrected chi connectivity index (χ0v) is 83.7. The minimum atomic E-state index is -3.46. The normalized spacial score (nSPS) is 21.7. The number of hydrogen-bond acceptors (Lipinski definition) is 32. The number of halogens is 8. The van der Waals surface area contributed by atoms with Crippen LogP contribution in [-0.2, 0) is 78.2 Å². The van der Waals surface area contributed by atoms with Crippen LogP contribution >= 0.6 is 109 Å². The molecule has 4 aromatic carbocycles. The van der Waals surface area contributed by atoms with Crippen LogP contribution in [0.1, 0.15) is 146 Å². The second-order valence-corrected chi connectivity index (χ2v) is 45.8. The number of esters is 4. The molecule has 132 heavy (non-hydrogen) atoms. The van der Waals surface area contributed by atoms with Gasteiger partial charge in [-0.2, -0.15) is 0 Å². The topological polar surface area (TPSA) is 404 Å². The number of thiazole rings is 4. The number of carbonyl (C=O) groups is 4. The van der Waals surface area contributed by atoms with Gasteiger partial charge in [-0.05, 0) is 124 Å². The molecule has 8 aromatic rings. The largest absolute Gasteiger partial charge is 0.463 e. The summed E-state index contributed by atoms with van der Waals surface area (Å²) in [5, 5.41) is 9.14. The number of aromatic nitrogens is 4. The van der Waals surface area contributed by atoms with Gasteiger partial charge >= 0.3 is 23.9 Å². The molecule has 32 nitrogen and oxygen atoms in total. The lowest BCUT2D eigenvalue weighted by Crippen LogP contribution is -2.40. The predicted octanol–water partition coefficient (Wildman–Crippen LogP) is 13.0. The lowest BCUT2D eigenvalue weighted by Gasteiger charge is -2.31. The van der Waals surface area contributed by atoms with Crippen molar-refractivity contribution >= 4 is 196 Å². The van der Waals surface area contributed by atoms with E-state index < -0.39 is 136 Å². The van der Waals surface area contributed by atoms with Gasteiger partial charge in [-0.25, -0.2) is 109 Å². The van der Waals surface area contributed by atoms with Gasteiger partial charge in [-0.1, -0.05) is 88.0 Å². The molecule has 2 aliphatic carbocycles. The summed E-state index contributed by atoms with van der Waals surface area (Å²) < 4.78 is 187. The van der Waals surface area contributed by atoms with Gasteiger partial charge in [-0.15, -0.1) is 45.3 Å². The first kappa shape index (κ1) is 97.9. The van der Waals surface area contributed by atoms with Crippen LogP contribution < -0.4 is 18.9 Å². The Morgan fingerprint density at radius 3 is 0.773 bits per heavy atom. The Hall–Kier alpha value is -8.60. The van der Waals surface area contributed by atoms with Crippen LogP contribution in [0.2, 0.25) is 0 Å². The van der Waals surface area contributed by atoms with E-state index in [-0.39, 0.29) is 49.8 Å². The zero-order valence-electron chi connectivity index (χ0n) is 70.8. The first-order valence-electron chi connectivity index (χ1n) is 41.3. The Kier molecular flexibility index (Phi) is 30.5. The molecule has 12 heterocycles. The summed E-state index contributed by atoms with van der Waals surface area (Å²) in [6.45, 7) is 8.76. The molecule has 0 amide bonds. The summed E-state index contributed by atoms with van der Waals surface area (Å²) in [5.41, 5.74) is 6.16. The van der Waals surface area contributed by atoms with E-state index in [1.165, 1.54) is 93.9 Å². The van der Waals surface area contributed by atoms with E-state index in [0.29, 0.717) is 193 Å². The molecule has 6 fully saturated rings. The van der Waals surface area contributed by atoms with Crippen LogP contribution in [0.15, 0.2) is 202 Å². The van der Waals surface area contributed by atoms with Crippen molar-refractivity contribution < 1.29 is 89.4 Å². The molecule has 0 bridgehead atoms. The number of amidine groups is 4. The number of rotatable bonds is 26. The van der Waals surface area contributed by atoms with Crippen LogP contribution in [0.3, 0.4) is 0 Å². The Bertz CT molecular complexity index is 6180. The maximum atomic E-state index is 13.8. The minimum absolute atomic E-state index is 0.168. The van der Waals surface area contributed by atoms with Gasteiger partial charge in [0.2, 0.25) is 40.1 Å². The molecule has 4 saturated heterocycles. The van der Waals surface area contributed by atoms with Crippen LogP contribution in [0.25, 0.3) is 0 Å². The summed E-state index contributed by atoms with van der Waals surface area (Å²) in [6, 6.07) is 12.0. The highest BCUT2D eigenvalue weighted by Crippen LogP contribution is 2.49. The third kappa shape index (κ3) is 22.2. The molecule has 4 N–H and O–H groups in total. The number of aliphatic imine (C=N–C) groups is 4. The van der Waals surface area contributed by atoms with Crippen molar-refractivity contribution in [3.05, 3.63) is 248 Å². The first-order valence-corrected chi connectivity index (χ1v) is 54.9. The van der Waals surface area contributed by atoms with Crippen LogP contribution in [-0.4, -0.2) is 220 Å².